The minimum Gasteiger partial charge on any atom is -0.507 e. The number of hydrogen-bond acceptors (Lipinski definition) is 23. The maximum absolute atomic E-state index is 12.3. The van der Waals surface area contributed by atoms with Crippen LogP contribution < -0.4 is 19.6 Å². The second kappa shape index (κ2) is 20.6. The molecule has 0 aromatic heterocycles. The van der Waals surface area contributed by atoms with Crippen molar-refractivity contribution >= 4 is 12.0 Å². The van der Waals surface area contributed by atoms with Gasteiger partial charge >= 0.3 is 5.97 Å². The number of ether oxygens (including phenoxy) is 9. The number of esters is 1. The summed E-state index contributed by atoms with van der Waals surface area (Å²) in [6, 6.07) is 9.46. The van der Waals surface area contributed by atoms with Crippen LogP contribution >= 0.6 is 0 Å². The lowest BCUT2D eigenvalue weighted by molar-refractivity contribution is -0.353. The molecule has 14 atom stereocenters. The van der Waals surface area contributed by atoms with Crippen LogP contribution in [0.3, 0.4) is 0 Å². The zero-order valence-corrected chi connectivity index (χ0v) is 35.3. The second-order valence-electron chi connectivity index (χ2n) is 15.6. The Morgan fingerprint density at radius 3 is 2.04 bits per heavy atom. The van der Waals surface area contributed by atoms with E-state index in [1.165, 1.54) is 44.6 Å². The van der Waals surface area contributed by atoms with Crippen molar-refractivity contribution in [3.63, 3.8) is 0 Å². The number of aromatic hydroxyl groups is 4. The van der Waals surface area contributed by atoms with E-state index < -0.39 is 134 Å². The topological polar surface area (TPSA) is 377 Å². The summed E-state index contributed by atoms with van der Waals surface area (Å²) in [5, 5.41) is 127. The Morgan fingerprint density at radius 2 is 1.36 bits per heavy atom. The van der Waals surface area contributed by atoms with Gasteiger partial charge in [0.15, 0.2) is 58.6 Å². The Morgan fingerprint density at radius 1 is 0.701 bits per heavy atom. The summed E-state index contributed by atoms with van der Waals surface area (Å²) in [5.41, 5.74) is -0.284. The van der Waals surface area contributed by atoms with Crippen molar-refractivity contribution in [3.05, 3.63) is 70.4 Å². The third kappa shape index (κ3) is 10.5. The number of phenols is 4. The van der Waals surface area contributed by atoms with E-state index in [0.717, 1.165) is 30.3 Å². The van der Waals surface area contributed by atoms with Crippen molar-refractivity contribution < 1.29 is 113 Å². The summed E-state index contributed by atoms with van der Waals surface area (Å²) >= 11 is 0. The summed E-state index contributed by atoms with van der Waals surface area (Å²) in [5.74, 6) is -3.21. The Bertz CT molecular complexity index is 2400. The molecule has 24 heteroatoms. The van der Waals surface area contributed by atoms with Crippen LogP contribution in [0.15, 0.2) is 63.8 Å². The van der Waals surface area contributed by atoms with Crippen molar-refractivity contribution in [1.29, 1.82) is 0 Å². The Kier molecular flexibility index (Phi) is 15.1. The van der Waals surface area contributed by atoms with E-state index in [-0.39, 0.29) is 45.6 Å². The van der Waals surface area contributed by atoms with Gasteiger partial charge in [0, 0.05) is 17.7 Å². The van der Waals surface area contributed by atoms with Crippen LogP contribution in [0, 0.1) is 0 Å². The van der Waals surface area contributed by atoms with Gasteiger partial charge in [0.05, 0.1) is 39.1 Å². The second-order valence-corrected chi connectivity index (χ2v) is 15.6. The number of hydrogen-bond donors (Lipinski definition) is 12. The van der Waals surface area contributed by atoms with Gasteiger partial charge in [0.2, 0.25) is 18.6 Å². The number of benzene rings is 3. The summed E-state index contributed by atoms with van der Waals surface area (Å²) in [4.78, 5) is 22.8. The summed E-state index contributed by atoms with van der Waals surface area (Å²) < 4.78 is 56.4. The predicted octanol–water partition coefficient (Wildman–Crippen LogP) is -2.04. The Balaban J connectivity index is 1.12. The van der Waals surface area contributed by atoms with Gasteiger partial charge in [0.1, 0.15) is 72.5 Å². The fourth-order valence-electron chi connectivity index (χ4n) is 7.36. The fraction of sp³-hybridized carbons (Fsp3) is 0.442. The molecule has 0 spiro atoms. The molecule has 2 aromatic rings. The molecule has 364 valence electrons. The molecule has 4 heterocycles. The van der Waals surface area contributed by atoms with E-state index in [0.29, 0.717) is 5.56 Å². The number of phenolic OH excluding ortho intramolecular Hbond substituents is 4. The fourth-order valence-corrected chi connectivity index (χ4v) is 7.36. The third-order valence-corrected chi connectivity index (χ3v) is 11.1. The minimum absolute atomic E-state index is 0.0308. The number of rotatable bonds is 14. The van der Waals surface area contributed by atoms with Crippen LogP contribution in [0.1, 0.15) is 5.56 Å². The number of methoxy groups -OCH3 is 2. The van der Waals surface area contributed by atoms with Crippen molar-refractivity contribution in [1.82, 2.24) is 0 Å². The van der Waals surface area contributed by atoms with E-state index in [1.54, 1.807) is 0 Å². The highest BCUT2D eigenvalue weighted by Crippen LogP contribution is 2.44. The molecule has 3 fully saturated rings. The molecule has 0 unspecified atom stereocenters. The van der Waals surface area contributed by atoms with E-state index in [9.17, 15) is 70.9 Å². The van der Waals surface area contributed by atoms with E-state index in [1.807, 2.05) is 0 Å². The van der Waals surface area contributed by atoms with Crippen molar-refractivity contribution in [2.24, 2.45) is 0 Å². The summed E-state index contributed by atoms with van der Waals surface area (Å²) in [6.45, 7) is -1.93. The van der Waals surface area contributed by atoms with Crippen molar-refractivity contribution in [2.45, 2.75) is 86.0 Å². The molecule has 24 nitrogen and oxygen atoms in total. The molecule has 0 bridgehead atoms. The van der Waals surface area contributed by atoms with Crippen LogP contribution in [0.2, 0.25) is 0 Å². The molecule has 0 saturated carbocycles. The first-order chi connectivity index (χ1) is 31.9. The maximum Gasteiger partial charge on any atom is 0.510 e. The molecule has 5 aliphatic rings. The van der Waals surface area contributed by atoms with Crippen molar-refractivity contribution in [3.8, 4) is 62.9 Å². The van der Waals surface area contributed by atoms with Crippen LogP contribution in [-0.4, -0.2) is 192 Å². The summed E-state index contributed by atoms with van der Waals surface area (Å²) in [6.07, 6.45) is -22.8. The van der Waals surface area contributed by atoms with Gasteiger partial charge in [-0.05, 0) is 48.0 Å². The molecule has 67 heavy (non-hydrogen) atoms. The number of aliphatic hydroxyl groups excluding tert-OH is 8. The van der Waals surface area contributed by atoms with Gasteiger partial charge in [-0.1, -0.05) is 0 Å². The van der Waals surface area contributed by atoms with Gasteiger partial charge in [-0.15, -0.1) is 0 Å². The highest BCUT2D eigenvalue weighted by atomic mass is 16.8. The monoisotopic (exact) mass is 949 g/mol. The zero-order valence-electron chi connectivity index (χ0n) is 35.3. The molecule has 3 saturated heterocycles. The molecule has 2 aromatic carbocycles. The Hall–Kier alpha value is -5.84. The lowest BCUT2D eigenvalue weighted by Crippen LogP contribution is -2.64. The number of fused-ring (bicyclic) bond motifs is 1. The third-order valence-electron chi connectivity index (χ3n) is 11.1. The lowest BCUT2D eigenvalue weighted by Gasteiger charge is -2.45. The van der Waals surface area contributed by atoms with Gasteiger partial charge in [-0.3, -0.25) is 4.79 Å². The van der Waals surface area contributed by atoms with E-state index in [2.05, 4.69) is 0 Å². The van der Waals surface area contributed by atoms with Crippen LogP contribution in [-0.2, 0) is 28.4 Å². The zero-order chi connectivity index (χ0) is 48.4. The lowest BCUT2D eigenvalue weighted by atomic mass is 9.97. The molecular formula is C43H49O24+. The van der Waals surface area contributed by atoms with Crippen molar-refractivity contribution in [2.75, 3.05) is 34.0 Å². The normalized spacial score (nSPS) is 31.1. The highest BCUT2D eigenvalue weighted by molar-refractivity contribution is 5.88. The van der Waals surface area contributed by atoms with Gasteiger partial charge in [-0.25, -0.2) is 0 Å². The molecule has 0 radical (unpaired) electrons. The SMILES string of the molecule is COc1cc(C=CC(=[OH+])OC[C@H]2O[C@@H](OC[C@H]3O[C@@H](Oc4cc5c(O)cc(=O)cc-5oc4-c4ccc(O)c(O)c4)[C@H](O[C@@H]4OC[C@@H](O)[C@H](O)[C@H]4O)[C@@H](O)[C@H]3O)[C@H](O)[C@@H](O)[C@@H]2O)cc(OC)c1O. The quantitative estimate of drug-likeness (QED) is 0.0280. The largest absolute Gasteiger partial charge is 0.510 e. The molecule has 7 rings (SSSR count). The average Bonchev–Trinajstić information content (AvgIpc) is 3.30. The predicted molar refractivity (Wildman–Crippen MR) is 222 cm³/mol. The van der Waals surface area contributed by atoms with E-state index >= 15 is 0 Å². The first-order valence-electron chi connectivity index (χ1n) is 20.3. The Labute approximate surface area is 378 Å². The highest BCUT2D eigenvalue weighted by Gasteiger charge is 2.52. The van der Waals surface area contributed by atoms with Crippen LogP contribution in [0.4, 0.5) is 0 Å². The van der Waals surface area contributed by atoms with Gasteiger partial charge < -0.3 is 113 Å². The first-order valence-corrected chi connectivity index (χ1v) is 20.3. The number of carbonyl (C=O) groups excluding carboxylic acids is 1. The standard InChI is InChI=1S/C43H48O24/c1-58-25-7-16(8-26(59-2)32(25)51)3-6-30(49)60-14-28-33(52)35(54)38(57)41(65-28)62-15-29-34(53)36(55)40(67-42-37(56)31(50)23(48)13-61-42)43(66-29)64-27-12-19-21(46)10-18(44)11-24(19)63-39(27)17-4-5-20(45)22(47)9-17/h3-12,23,28-29,31,33-38,40-43,45-48,50-57H,13-15H2,1-2H3/p+1/t23-,28-,29-,31+,33-,34+,35+,36+,37-,38-,40-,41-,42+,43-/m1/s1. The molecule has 0 amide bonds. The summed E-state index contributed by atoms with van der Waals surface area (Å²) in [7, 11) is 2.65. The van der Waals surface area contributed by atoms with Crippen LogP contribution in [0.25, 0.3) is 28.7 Å². The minimum atomic E-state index is -2.04. The molecule has 13 N–H and O–H groups in total. The van der Waals surface area contributed by atoms with Gasteiger partial charge in [-0.2, -0.15) is 0 Å². The number of aliphatic hydroxyl groups is 8. The van der Waals surface area contributed by atoms with E-state index in [4.69, 9.17) is 47.0 Å². The molecular weight excluding hydrogens is 900 g/mol. The van der Waals surface area contributed by atoms with Gasteiger partial charge in [0.25, 0.3) is 0 Å². The molecule has 1 aliphatic carbocycles. The smallest absolute Gasteiger partial charge is 0.507 e. The first kappa shape index (κ1) is 49.1. The average molecular weight is 950 g/mol. The maximum atomic E-state index is 12.3. The van der Waals surface area contributed by atoms with Crippen LogP contribution in [0.5, 0.6) is 40.2 Å². The molecule has 4 aliphatic heterocycles.